The molecule has 1 aliphatic heterocycles. The van der Waals surface area contributed by atoms with Crippen LogP contribution < -0.4 is 14.8 Å². The van der Waals surface area contributed by atoms with Gasteiger partial charge in [0.25, 0.3) is 11.8 Å². The Balaban J connectivity index is 1.97. The van der Waals surface area contributed by atoms with Gasteiger partial charge in [-0.15, -0.1) is 6.58 Å². The smallest absolute Gasteiger partial charge is 0.265 e. The minimum atomic E-state index is -0.558. The van der Waals surface area contributed by atoms with Crippen LogP contribution in [0.4, 0.5) is 0 Å². The molecule has 0 radical (unpaired) electrons. The molecule has 0 unspecified atom stereocenters. The fraction of sp³-hybridized carbons (Fsp3) is 0.136. The number of para-hydroxylation sites is 1. The number of thiocarbonyl (C=S) groups is 1. The van der Waals surface area contributed by atoms with E-state index in [9.17, 15) is 9.59 Å². The molecule has 0 bridgehead atoms. The van der Waals surface area contributed by atoms with E-state index >= 15 is 0 Å². The summed E-state index contributed by atoms with van der Waals surface area (Å²) in [4.78, 5) is 26.5. The van der Waals surface area contributed by atoms with Crippen LogP contribution in [-0.4, -0.2) is 35.5 Å². The van der Waals surface area contributed by atoms with Gasteiger partial charge < -0.3 is 9.47 Å². The molecule has 29 heavy (non-hydrogen) atoms. The number of ether oxygens (including phenoxy) is 2. The van der Waals surface area contributed by atoms with Crippen molar-refractivity contribution in [2.75, 3.05) is 13.7 Å². The van der Waals surface area contributed by atoms with E-state index in [0.29, 0.717) is 23.7 Å². The Labute approximate surface area is 174 Å². The molecule has 1 N–H and O–H groups in total. The zero-order chi connectivity index (χ0) is 20.8. The molecule has 0 spiro atoms. The SMILES string of the molecule is C=CCN1C(=O)/C(=C/c2cccc(OC)c2OCc2ccccc2)C(=O)NC1=S. The highest BCUT2D eigenvalue weighted by Crippen LogP contribution is 2.33. The summed E-state index contributed by atoms with van der Waals surface area (Å²) in [6.45, 7) is 4.13. The van der Waals surface area contributed by atoms with E-state index in [0.717, 1.165) is 5.56 Å². The van der Waals surface area contributed by atoms with Crippen molar-refractivity contribution in [1.82, 2.24) is 10.2 Å². The first-order valence-electron chi connectivity index (χ1n) is 8.88. The quantitative estimate of drug-likeness (QED) is 0.330. The van der Waals surface area contributed by atoms with Crippen LogP contribution in [0.2, 0.25) is 0 Å². The largest absolute Gasteiger partial charge is 0.493 e. The number of benzene rings is 2. The molecular formula is C22H20N2O4S. The molecular weight excluding hydrogens is 388 g/mol. The van der Waals surface area contributed by atoms with Gasteiger partial charge in [-0.1, -0.05) is 48.5 Å². The van der Waals surface area contributed by atoms with Gasteiger partial charge in [0, 0.05) is 12.1 Å². The van der Waals surface area contributed by atoms with Gasteiger partial charge in [0.1, 0.15) is 12.2 Å². The van der Waals surface area contributed by atoms with Crippen LogP contribution in [0.1, 0.15) is 11.1 Å². The summed E-state index contributed by atoms with van der Waals surface area (Å²) in [7, 11) is 1.53. The molecule has 1 aliphatic rings. The van der Waals surface area contributed by atoms with Gasteiger partial charge in [-0.2, -0.15) is 0 Å². The Hall–Kier alpha value is -3.45. The minimum Gasteiger partial charge on any atom is -0.493 e. The second-order valence-electron chi connectivity index (χ2n) is 6.17. The number of carbonyl (C=O) groups excluding carboxylic acids is 2. The van der Waals surface area contributed by atoms with Gasteiger partial charge in [-0.25, -0.2) is 0 Å². The molecule has 7 heteroatoms. The lowest BCUT2D eigenvalue weighted by atomic mass is 10.1. The van der Waals surface area contributed by atoms with Gasteiger partial charge in [-0.05, 0) is 29.9 Å². The zero-order valence-corrected chi connectivity index (χ0v) is 16.7. The van der Waals surface area contributed by atoms with E-state index in [1.807, 2.05) is 30.3 Å². The Kier molecular flexibility index (Phi) is 6.41. The number of methoxy groups -OCH3 is 1. The highest BCUT2D eigenvalue weighted by molar-refractivity contribution is 7.80. The third-order valence-electron chi connectivity index (χ3n) is 4.25. The Morgan fingerprint density at radius 3 is 2.59 bits per heavy atom. The summed E-state index contributed by atoms with van der Waals surface area (Å²) < 4.78 is 11.4. The van der Waals surface area contributed by atoms with E-state index < -0.39 is 11.8 Å². The lowest BCUT2D eigenvalue weighted by molar-refractivity contribution is -0.128. The predicted molar refractivity (Wildman–Crippen MR) is 114 cm³/mol. The number of hydrogen-bond acceptors (Lipinski definition) is 5. The predicted octanol–water partition coefficient (Wildman–Crippen LogP) is 3.09. The summed E-state index contributed by atoms with van der Waals surface area (Å²) in [5.74, 6) is -0.111. The van der Waals surface area contributed by atoms with Crippen molar-refractivity contribution in [2.45, 2.75) is 6.61 Å². The average Bonchev–Trinajstić information content (AvgIpc) is 2.73. The monoisotopic (exact) mass is 408 g/mol. The summed E-state index contributed by atoms with van der Waals surface area (Å²) >= 11 is 5.08. The lowest BCUT2D eigenvalue weighted by Crippen LogP contribution is -2.53. The molecule has 1 fully saturated rings. The van der Waals surface area contributed by atoms with Crippen LogP contribution in [0.15, 0.2) is 66.8 Å². The molecule has 1 heterocycles. The number of hydrogen-bond donors (Lipinski definition) is 1. The van der Waals surface area contributed by atoms with E-state index in [1.54, 1.807) is 24.3 Å². The first kappa shape index (κ1) is 20.3. The second kappa shape index (κ2) is 9.16. The maximum absolute atomic E-state index is 12.8. The normalized spacial score (nSPS) is 15.3. The number of amides is 2. The van der Waals surface area contributed by atoms with E-state index in [2.05, 4.69) is 11.9 Å². The summed E-state index contributed by atoms with van der Waals surface area (Å²) in [5, 5.41) is 2.59. The number of nitrogens with zero attached hydrogens (tertiary/aromatic N) is 1. The molecule has 3 rings (SSSR count). The summed E-state index contributed by atoms with van der Waals surface area (Å²) in [5.41, 5.74) is 1.48. The van der Waals surface area contributed by atoms with Crippen LogP contribution in [0.25, 0.3) is 6.08 Å². The molecule has 0 aliphatic carbocycles. The van der Waals surface area contributed by atoms with Crippen molar-refractivity contribution < 1.29 is 19.1 Å². The minimum absolute atomic E-state index is 0.0433. The van der Waals surface area contributed by atoms with Gasteiger partial charge in [0.05, 0.1) is 7.11 Å². The van der Waals surface area contributed by atoms with Crippen LogP contribution in [0.3, 0.4) is 0 Å². The molecule has 0 aromatic heterocycles. The third-order valence-corrected chi connectivity index (χ3v) is 4.58. The molecule has 2 amide bonds. The molecule has 0 atom stereocenters. The summed E-state index contributed by atoms with van der Waals surface area (Å²) in [6.07, 6.45) is 3.03. The first-order chi connectivity index (χ1) is 14.0. The van der Waals surface area contributed by atoms with E-state index in [1.165, 1.54) is 18.1 Å². The molecule has 6 nitrogen and oxygen atoms in total. The average molecular weight is 408 g/mol. The van der Waals surface area contributed by atoms with Crippen molar-refractivity contribution >= 4 is 35.2 Å². The highest BCUT2D eigenvalue weighted by Gasteiger charge is 2.33. The van der Waals surface area contributed by atoms with Gasteiger partial charge in [0.15, 0.2) is 16.6 Å². The Morgan fingerprint density at radius 2 is 1.90 bits per heavy atom. The molecule has 0 saturated carbocycles. The van der Waals surface area contributed by atoms with Crippen molar-refractivity contribution in [1.29, 1.82) is 0 Å². The van der Waals surface area contributed by atoms with Crippen LogP contribution in [-0.2, 0) is 16.2 Å². The molecule has 1 saturated heterocycles. The van der Waals surface area contributed by atoms with Crippen LogP contribution in [0, 0.1) is 0 Å². The third kappa shape index (κ3) is 4.52. The summed E-state index contributed by atoms with van der Waals surface area (Å²) in [6, 6.07) is 14.9. The Morgan fingerprint density at radius 1 is 1.14 bits per heavy atom. The van der Waals surface area contributed by atoms with E-state index in [-0.39, 0.29) is 17.2 Å². The second-order valence-corrected chi connectivity index (χ2v) is 6.56. The van der Waals surface area contributed by atoms with Crippen LogP contribution in [0.5, 0.6) is 11.5 Å². The highest BCUT2D eigenvalue weighted by atomic mass is 32.1. The van der Waals surface area contributed by atoms with Crippen molar-refractivity contribution in [3.8, 4) is 11.5 Å². The maximum Gasteiger partial charge on any atom is 0.265 e. The maximum atomic E-state index is 12.8. The topological polar surface area (TPSA) is 67.9 Å². The fourth-order valence-corrected chi connectivity index (χ4v) is 3.09. The molecule has 2 aromatic rings. The number of carbonyl (C=O) groups is 2. The number of nitrogens with one attached hydrogen (secondary N) is 1. The van der Waals surface area contributed by atoms with E-state index in [4.69, 9.17) is 21.7 Å². The van der Waals surface area contributed by atoms with Gasteiger partial charge in [0.2, 0.25) is 0 Å². The Bertz CT molecular complexity index is 986. The van der Waals surface area contributed by atoms with Gasteiger partial charge in [-0.3, -0.25) is 19.8 Å². The fourth-order valence-electron chi connectivity index (χ4n) is 2.84. The van der Waals surface area contributed by atoms with Gasteiger partial charge >= 0.3 is 0 Å². The van der Waals surface area contributed by atoms with Crippen molar-refractivity contribution in [2.24, 2.45) is 0 Å². The van der Waals surface area contributed by atoms with Crippen LogP contribution >= 0.6 is 12.2 Å². The van der Waals surface area contributed by atoms with Crippen molar-refractivity contribution in [3.05, 3.63) is 77.9 Å². The first-order valence-corrected chi connectivity index (χ1v) is 9.29. The molecule has 148 valence electrons. The zero-order valence-electron chi connectivity index (χ0n) is 15.9. The van der Waals surface area contributed by atoms with Crippen molar-refractivity contribution in [3.63, 3.8) is 0 Å². The lowest BCUT2D eigenvalue weighted by Gasteiger charge is -2.28. The standard InChI is InChI=1S/C22H20N2O4S/c1-3-12-24-21(26)17(20(25)23-22(24)29)13-16-10-7-11-18(27-2)19(16)28-14-15-8-5-4-6-9-15/h3-11,13H,1,12,14H2,2H3,(H,23,25,29)/b17-13+. The molecule has 2 aromatic carbocycles. The number of rotatable bonds is 7.